The van der Waals surface area contributed by atoms with E-state index < -0.39 is 18.0 Å². The molecule has 0 saturated carbocycles. The molecule has 0 aromatic heterocycles. The molecule has 1 atom stereocenters. The van der Waals surface area contributed by atoms with Gasteiger partial charge < -0.3 is 21.1 Å². The average molecular weight is 291 g/mol. The molecular weight excluding hydrogens is 270 g/mol. The van der Waals surface area contributed by atoms with Crippen molar-refractivity contribution in [2.45, 2.75) is 25.8 Å². The van der Waals surface area contributed by atoms with Crippen LogP contribution in [0.15, 0.2) is 0 Å². The molecule has 0 fully saturated rings. The van der Waals surface area contributed by atoms with Crippen molar-refractivity contribution >= 4 is 29.7 Å². The minimum atomic E-state index is -1.08. The van der Waals surface area contributed by atoms with Gasteiger partial charge in [-0.05, 0) is 24.9 Å². The van der Waals surface area contributed by atoms with Crippen molar-refractivity contribution in [2.24, 2.45) is 0 Å². The number of carbonyl (C=O) groups is 3. The number of hydrogen-bond donors (Lipinski definition) is 4. The lowest BCUT2D eigenvalue weighted by Gasteiger charge is -2.14. The molecule has 0 spiro atoms. The topological polar surface area (TPSA) is 108 Å². The maximum atomic E-state index is 11.4. The van der Waals surface area contributed by atoms with Crippen LogP contribution in [-0.4, -0.2) is 54.2 Å². The molecule has 0 heterocycles. The van der Waals surface area contributed by atoms with E-state index in [1.54, 1.807) is 0 Å². The van der Waals surface area contributed by atoms with Gasteiger partial charge in [-0.3, -0.25) is 4.79 Å². The highest BCUT2D eigenvalue weighted by Crippen LogP contribution is 2.00. The zero-order valence-electron chi connectivity index (χ0n) is 11.2. The van der Waals surface area contributed by atoms with E-state index in [1.165, 1.54) is 11.8 Å². The summed E-state index contributed by atoms with van der Waals surface area (Å²) in [4.78, 5) is 33.5. The largest absolute Gasteiger partial charge is 0.480 e. The first-order valence-electron chi connectivity index (χ1n) is 6.04. The summed E-state index contributed by atoms with van der Waals surface area (Å²) in [5.74, 6) is -0.749. The van der Waals surface area contributed by atoms with E-state index in [-0.39, 0.29) is 12.5 Å². The fourth-order valence-electron chi connectivity index (χ4n) is 1.19. The lowest BCUT2D eigenvalue weighted by Crippen LogP contribution is -2.48. The maximum Gasteiger partial charge on any atom is 0.326 e. The number of thioether (sulfide) groups is 1. The van der Waals surface area contributed by atoms with Gasteiger partial charge in [0, 0.05) is 6.54 Å². The van der Waals surface area contributed by atoms with E-state index >= 15 is 0 Å². The third kappa shape index (κ3) is 9.18. The van der Waals surface area contributed by atoms with Crippen molar-refractivity contribution in [2.75, 3.05) is 25.1 Å². The van der Waals surface area contributed by atoms with Gasteiger partial charge in [0.1, 0.15) is 6.04 Å². The van der Waals surface area contributed by atoms with Gasteiger partial charge in [0.05, 0.1) is 6.54 Å². The molecule has 0 unspecified atom stereocenters. The Morgan fingerprint density at radius 1 is 1.26 bits per heavy atom. The van der Waals surface area contributed by atoms with Gasteiger partial charge in [-0.25, -0.2) is 9.59 Å². The van der Waals surface area contributed by atoms with Gasteiger partial charge in [-0.2, -0.15) is 11.8 Å². The molecule has 0 aliphatic heterocycles. The first-order chi connectivity index (χ1) is 9.01. The molecule has 4 N–H and O–H groups in total. The number of carboxylic acids is 1. The molecule has 0 aromatic carbocycles. The van der Waals surface area contributed by atoms with Crippen molar-refractivity contribution < 1.29 is 19.5 Å². The predicted molar refractivity (Wildman–Crippen MR) is 74.3 cm³/mol. The fraction of sp³-hybridized carbons (Fsp3) is 0.727. The molecule has 0 aliphatic rings. The summed E-state index contributed by atoms with van der Waals surface area (Å²) in [6.45, 7) is 2.30. The van der Waals surface area contributed by atoms with E-state index in [0.29, 0.717) is 18.7 Å². The van der Waals surface area contributed by atoms with Crippen LogP contribution in [0.25, 0.3) is 0 Å². The zero-order chi connectivity index (χ0) is 14.7. The highest BCUT2D eigenvalue weighted by Gasteiger charge is 2.19. The van der Waals surface area contributed by atoms with Crippen LogP contribution in [0.4, 0.5) is 4.79 Å². The molecule has 8 heteroatoms. The molecule has 19 heavy (non-hydrogen) atoms. The molecule has 0 bridgehead atoms. The monoisotopic (exact) mass is 291 g/mol. The average Bonchev–Trinajstić information content (AvgIpc) is 2.38. The van der Waals surface area contributed by atoms with Gasteiger partial charge in [0.25, 0.3) is 0 Å². The van der Waals surface area contributed by atoms with Crippen LogP contribution in [0.3, 0.4) is 0 Å². The minimum Gasteiger partial charge on any atom is -0.480 e. The Morgan fingerprint density at radius 2 is 1.95 bits per heavy atom. The highest BCUT2D eigenvalue weighted by atomic mass is 32.2. The number of carbonyl (C=O) groups excluding carboxylic acids is 2. The Labute approximate surface area is 116 Å². The molecule has 3 amide bonds. The second-order valence-corrected chi connectivity index (χ2v) is 4.83. The van der Waals surface area contributed by atoms with E-state index in [1.807, 2.05) is 13.2 Å². The summed E-state index contributed by atoms with van der Waals surface area (Å²) in [5.41, 5.74) is 0. The Bertz CT molecular complexity index is 312. The second-order valence-electron chi connectivity index (χ2n) is 3.85. The molecule has 0 saturated heterocycles. The smallest absolute Gasteiger partial charge is 0.326 e. The number of nitrogens with one attached hydrogen (secondary N) is 3. The van der Waals surface area contributed by atoms with Crippen LogP contribution in [0, 0.1) is 0 Å². The van der Waals surface area contributed by atoms with Gasteiger partial charge in [-0.1, -0.05) is 6.92 Å². The standard InChI is InChI=1S/C11H21N3O4S/c1-3-5-12-9(15)7-13-11(18)14-8(10(16)17)4-6-19-2/h8H,3-7H2,1-2H3,(H,12,15)(H,16,17)(H2,13,14,18)/t8-/m1/s1. The lowest BCUT2D eigenvalue weighted by atomic mass is 10.2. The predicted octanol–water partition coefficient (Wildman–Crippen LogP) is 0.0181. The first kappa shape index (κ1) is 17.6. The molecule has 0 radical (unpaired) electrons. The maximum absolute atomic E-state index is 11.4. The van der Waals surface area contributed by atoms with Gasteiger partial charge in [0.15, 0.2) is 0 Å². The molecule has 7 nitrogen and oxygen atoms in total. The molecule has 0 rings (SSSR count). The van der Waals surface area contributed by atoms with Crippen LogP contribution >= 0.6 is 11.8 Å². The zero-order valence-corrected chi connectivity index (χ0v) is 12.0. The van der Waals surface area contributed by atoms with Gasteiger partial charge in [-0.15, -0.1) is 0 Å². The molecule has 0 aliphatic carbocycles. The SMILES string of the molecule is CCCNC(=O)CNC(=O)N[C@H](CCSC)C(=O)O. The summed E-state index contributed by atoms with van der Waals surface area (Å²) >= 11 is 1.50. The Hall–Kier alpha value is -1.44. The van der Waals surface area contributed by atoms with Crippen molar-refractivity contribution in [3.05, 3.63) is 0 Å². The second kappa shape index (κ2) is 10.5. The lowest BCUT2D eigenvalue weighted by molar-refractivity contribution is -0.139. The van der Waals surface area contributed by atoms with Gasteiger partial charge >= 0.3 is 12.0 Å². The quantitative estimate of drug-likeness (QED) is 0.479. The first-order valence-corrected chi connectivity index (χ1v) is 7.43. The van der Waals surface area contributed by atoms with Crippen LogP contribution < -0.4 is 16.0 Å². The summed E-state index contributed by atoms with van der Waals surface area (Å²) in [5, 5.41) is 16.1. The summed E-state index contributed by atoms with van der Waals surface area (Å²) in [7, 11) is 0. The Balaban J connectivity index is 3.99. The number of aliphatic carboxylic acids is 1. The van der Waals surface area contributed by atoms with E-state index in [4.69, 9.17) is 5.11 Å². The van der Waals surface area contributed by atoms with Crippen molar-refractivity contribution in [1.82, 2.24) is 16.0 Å². The normalized spacial score (nSPS) is 11.5. The van der Waals surface area contributed by atoms with Crippen molar-refractivity contribution in [3.63, 3.8) is 0 Å². The number of rotatable bonds is 9. The molecule has 110 valence electrons. The van der Waals surface area contributed by atoms with Crippen LogP contribution in [0.5, 0.6) is 0 Å². The molecular formula is C11H21N3O4S. The third-order valence-corrected chi connectivity index (χ3v) is 2.84. The number of hydrogen-bond acceptors (Lipinski definition) is 4. The van der Waals surface area contributed by atoms with E-state index in [2.05, 4.69) is 16.0 Å². The minimum absolute atomic E-state index is 0.166. The number of urea groups is 1. The molecule has 0 aromatic rings. The summed E-state index contributed by atoms with van der Waals surface area (Å²) < 4.78 is 0. The van der Waals surface area contributed by atoms with Gasteiger partial charge in [0.2, 0.25) is 5.91 Å². The van der Waals surface area contributed by atoms with Crippen LogP contribution in [0.1, 0.15) is 19.8 Å². The van der Waals surface area contributed by atoms with Crippen LogP contribution in [0.2, 0.25) is 0 Å². The van der Waals surface area contributed by atoms with E-state index in [9.17, 15) is 14.4 Å². The van der Waals surface area contributed by atoms with Crippen molar-refractivity contribution in [3.8, 4) is 0 Å². The van der Waals surface area contributed by atoms with Crippen molar-refractivity contribution in [1.29, 1.82) is 0 Å². The highest BCUT2D eigenvalue weighted by molar-refractivity contribution is 7.98. The Morgan fingerprint density at radius 3 is 2.47 bits per heavy atom. The van der Waals surface area contributed by atoms with Crippen LogP contribution in [-0.2, 0) is 9.59 Å². The fourth-order valence-corrected chi connectivity index (χ4v) is 1.66. The summed E-state index contributed by atoms with van der Waals surface area (Å²) in [6, 6.07) is -1.59. The van der Waals surface area contributed by atoms with E-state index in [0.717, 1.165) is 6.42 Å². The summed E-state index contributed by atoms with van der Waals surface area (Å²) in [6.07, 6.45) is 3.01. The number of carboxylic acid groups (broad SMARTS) is 1. The number of amides is 3. The Kier molecular flexibility index (Phi) is 9.69. The third-order valence-electron chi connectivity index (χ3n) is 2.20.